The van der Waals surface area contributed by atoms with Crippen molar-refractivity contribution < 1.29 is 13.2 Å². The summed E-state index contributed by atoms with van der Waals surface area (Å²) in [7, 11) is -3.82. The predicted octanol–water partition coefficient (Wildman–Crippen LogP) is 1.73. The molecule has 0 bridgehead atoms. The fourth-order valence-electron chi connectivity index (χ4n) is 1.68. The molecule has 0 saturated heterocycles. The zero-order valence-electron chi connectivity index (χ0n) is 12.5. The average molecular weight is 298 g/mol. The van der Waals surface area contributed by atoms with Gasteiger partial charge in [0.05, 0.1) is 4.90 Å². The lowest BCUT2D eigenvalue weighted by atomic mass is 10.0. The summed E-state index contributed by atoms with van der Waals surface area (Å²) in [5.41, 5.74) is 1.83. The van der Waals surface area contributed by atoms with Crippen LogP contribution in [0.15, 0.2) is 17.0 Å². The lowest BCUT2D eigenvalue weighted by Crippen LogP contribution is -2.36. The fraction of sp³-hybridized carbons (Fsp3) is 0.500. The fourth-order valence-corrected chi connectivity index (χ4v) is 2.30. The molecule has 0 radical (unpaired) electrons. The number of nitrogens with one attached hydrogen (secondary N) is 1. The Labute approximate surface area is 120 Å². The van der Waals surface area contributed by atoms with Crippen molar-refractivity contribution in [3.8, 4) is 0 Å². The molecule has 5 nitrogen and oxygen atoms in total. The van der Waals surface area contributed by atoms with Gasteiger partial charge in [0.25, 0.3) is 5.91 Å². The van der Waals surface area contributed by atoms with Crippen LogP contribution in [0, 0.1) is 19.8 Å². The molecule has 3 N–H and O–H groups in total. The maximum atomic E-state index is 12.3. The molecule has 1 atom stereocenters. The van der Waals surface area contributed by atoms with Gasteiger partial charge < -0.3 is 5.32 Å². The monoisotopic (exact) mass is 298 g/mol. The van der Waals surface area contributed by atoms with Crippen LogP contribution < -0.4 is 10.5 Å². The molecule has 20 heavy (non-hydrogen) atoms. The Balaban J connectivity index is 3.24. The summed E-state index contributed by atoms with van der Waals surface area (Å²) in [6, 6.07) is 2.81. The molecule has 0 aliphatic carbocycles. The number of hydrogen-bond acceptors (Lipinski definition) is 3. The molecule has 0 spiro atoms. The van der Waals surface area contributed by atoms with Crippen molar-refractivity contribution in [3.63, 3.8) is 0 Å². The molecule has 0 saturated carbocycles. The van der Waals surface area contributed by atoms with Crippen molar-refractivity contribution in [2.24, 2.45) is 11.1 Å². The minimum absolute atomic E-state index is 0.000320. The molecular weight excluding hydrogens is 276 g/mol. The van der Waals surface area contributed by atoms with Gasteiger partial charge in [-0.2, -0.15) is 0 Å². The van der Waals surface area contributed by atoms with Crippen LogP contribution in [-0.4, -0.2) is 20.4 Å². The first-order valence-corrected chi connectivity index (χ1v) is 8.03. The summed E-state index contributed by atoms with van der Waals surface area (Å²) in [6.45, 7) is 9.46. The average Bonchev–Trinajstić information content (AvgIpc) is 2.30. The third kappa shape index (κ3) is 3.80. The molecule has 112 valence electrons. The summed E-state index contributed by atoms with van der Waals surface area (Å²) in [6.07, 6.45) is 0. The van der Waals surface area contributed by atoms with Crippen molar-refractivity contribution in [3.05, 3.63) is 28.8 Å². The van der Waals surface area contributed by atoms with Crippen molar-refractivity contribution in [2.45, 2.75) is 45.6 Å². The summed E-state index contributed by atoms with van der Waals surface area (Å²) < 4.78 is 22.9. The van der Waals surface area contributed by atoms with Crippen LogP contribution >= 0.6 is 0 Å². The van der Waals surface area contributed by atoms with Crippen LogP contribution in [0.1, 0.15) is 42.3 Å². The molecular formula is C14H22N2O3S. The summed E-state index contributed by atoms with van der Waals surface area (Å²) >= 11 is 0. The van der Waals surface area contributed by atoms with Crippen molar-refractivity contribution in [1.29, 1.82) is 0 Å². The van der Waals surface area contributed by atoms with Gasteiger partial charge in [-0.05, 0) is 49.9 Å². The molecule has 0 aliphatic heterocycles. The number of rotatable bonds is 4. The number of benzene rings is 1. The van der Waals surface area contributed by atoms with Crippen LogP contribution in [0.4, 0.5) is 0 Å². The standard InChI is InChI=1S/C14H22N2O3S/c1-8(2)11(5)16-14(17)13-7-12(20(15,18)19)6-9(3)10(13)4/h6-8,11H,1-5H3,(H,16,17)(H2,15,18,19). The minimum Gasteiger partial charge on any atom is -0.349 e. The molecule has 0 heterocycles. The molecule has 6 heteroatoms. The normalized spacial score (nSPS) is 13.3. The number of carbonyl (C=O) groups excluding carboxylic acids is 1. The van der Waals surface area contributed by atoms with E-state index in [1.54, 1.807) is 13.8 Å². The third-order valence-electron chi connectivity index (χ3n) is 3.57. The number of primary sulfonamides is 1. The number of nitrogens with two attached hydrogens (primary N) is 1. The first kappa shape index (κ1) is 16.7. The highest BCUT2D eigenvalue weighted by Gasteiger charge is 2.19. The number of aryl methyl sites for hydroxylation is 1. The number of hydrogen-bond donors (Lipinski definition) is 2. The number of amides is 1. The van der Waals surface area contributed by atoms with Crippen LogP contribution in [0.25, 0.3) is 0 Å². The molecule has 1 aromatic rings. The highest BCUT2D eigenvalue weighted by molar-refractivity contribution is 7.89. The van der Waals surface area contributed by atoms with E-state index in [-0.39, 0.29) is 16.8 Å². The predicted molar refractivity (Wildman–Crippen MR) is 79.1 cm³/mol. The summed E-state index contributed by atoms with van der Waals surface area (Å²) in [4.78, 5) is 12.2. The van der Waals surface area contributed by atoms with E-state index in [1.165, 1.54) is 12.1 Å². The van der Waals surface area contributed by atoms with Crippen LogP contribution in [0.3, 0.4) is 0 Å². The van der Waals surface area contributed by atoms with Gasteiger partial charge in [-0.3, -0.25) is 4.79 Å². The van der Waals surface area contributed by atoms with Crippen molar-refractivity contribution in [1.82, 2.24) is 5.32 Å². The molecule has 0 fully saturated rings. The van der Waals surface area contributed by atoms with E-state index >= 15 is 0 Å². The first-order chi connectivity index (χ1) is 9.04. The van der Waals surface area contributed by atoms with E-state index in [4.69, 9.17) is 5.14 Å². The maximum absolute atomic E-state index is 12.3. The highest BCUT2D eigenvalue weighted by atomic mass is 32.2. The molecule has 1 amide bonds. The molecule has 0 aromatic heterocycles. The summed E-state index contributed by atoms with van der Waals surface area (Å²) in [5, 5.41) is 8.00. The second kappa shape index (κ2) is 5.93. The van der Waals surface area contributed by atoms with E-state index in [1.807, 2.05) is 20.8 Å². The highest BCUT2D eigenvalue weighted by Crippen LogP contribution is 2.19. The summed E-state index contributed by atoms with van der Waals surface area (Å²) in [5.74, 6) is 0.0130. The number of carbonyl (C=O) groups is 1. The topological polar surface area (TPSA) is 89.3 Å². The van der Waals surface area contributed by atoms with E-state index in [0.717, 1.165) is 11.1 Å². The van der Waals surface area contributed by atoms with Crippen molar-refractivity contribution in [2.75, 3.05) is 0 Å². The quantitative estimate of drug-likeness (QED) is 0.887. The molecule has 1 aromatic carbocycles. The van der Waals surface area contributed by atoms with E-state index in [9.17, 15) is 13.2 Å². The van der Waals surface area contributed by atoms with Crippen LogP contribution in [-0.2, 0) is 10.0 Å². The zero-order valence-corrected chi connectivity index (χ0v) is 13.3. The zero-order chi connectivity index (χ0) is 15.7. The van der Waals surface area contributed by atoms with Gasteiger partial charge in [0, 0.05) is 11.6 Å². The van der Waals surface area contributed by atoms with Gasteiger partial charge in [-0.25, -0.2) is 13.6 Å². The lowest BCUT2D eigenvalue weighted by Gasteiger charge is -2.19. The second-order valence-electron chi connectivity index (χ2n) is 5.46. The van der Waals surface area contributed by atoms with Gasteiger partial charge >= 0.3 is 0 Å². The Hall–Kier alpha value is -1.40. The lowest BCUT2D eigenvalue weighted by molar-refractivity contribution is 0.0929. The van der Waals surface area contributed by atoms with Gasteiger partial charge in [-0.1, -0.05) is 13.8 Å². The Morgan fingerprint density at radius 1 is 1.20 bits per heavy atom. The number of sulfonamides is 1. The molecule has 0 aliphatic rings. The van der Waals surface area contributed by atoms with Crippen LogP contribution in [0.5, 0.6) is 0 Å². The van der Waals surface area contributed by atoms with Gasteiger partial charge in [0.15, 0.2) is 0 Å². The van der Waals surface area contributed by atoms with Crippen LogP contribution in [0.2, 0.25) is 0 Å². The van der Waals surface area contributed by atoms with Gasteiger partial charge in [-0.15, -0.1) is 0 Å². The van der Waals surface area contributed by atoms with Gasteiger partial charge in [0.1, 0.15) is 0 Å². The SMILES string of the molecule is Cc1cc(S(N)(=O)=O)cc(C(=O)NC(C)C(C)C)c1C. The maximum Gasteiger partial charge on any atom is 0.251 e. The largest absolute Gasteiger partial charge is 0.349 e. The third-order valence-corrected chi connectivity index (χ3v) is 4.47. The first-order valence-electron chi connectivity index (χ1n) is 6.49. The Morgan fingerprint density at radius 3 is 2.20 bits per heavy atom. The van der Waals surface area contributed by atoms with E-state index in [2.05, 4.69) is 5.32 Å². The second-order valence-corrected chi connectivity index (χ2v) is 7.03. The van der Waals surface area contributed by atoms with E-state index in [0.29, 0.717) is 11.5 Å². The Bertz CT molecular complexity index is 622. The molecule has 1 rings (SSSR count). The van der Waals surface area contributed by atoms with E-state index < -0.39 is 10.0 Å². The minimum atomic E-state index is -3.82. The molecule has 1 unspecified atom stereocenters. The smallest absolute Gasteiger partial charge is 0.251 e. The Morgan fingerprint density at radius 2 is 1.75 bits per heavy atom. The Kier molecular flexibility index (Phi) is 4.94. The van der Waals surface area contributed by atoms with Gasteiger partial charge in [0.2, 0.25) is 10.0 Å². The van der Waals surface area contributed by atoms with Crippen molar-refractivity contribution >= 4 is 15.9 Å².